The minimum atomic E-state index is -0.451. The van der Waals surface area contributed by atoms with Crippen LogP contribution in [-0.4, -0.2) is 0 Å². The molecule has 0 aliphatic heterocycles. The highest BCUT2D eigenvalue weighted by atomic mass is 14.5. The highest BCUT2D eigenvalue weighted by molar-refractivity contribution is 6.23. The Bertz CT molecular complexity index is 3450. The second kappa shape index (κ2) is 12.2. The van der Waals surface area contributed by atoms with Gasteiger partial charge in [0.15, 0.2) is 0 Å². The molecule has 0 nitrogen and oxygen atoms in total. The fraction of sp³-hybridized carbons (Fsp3) is 0.0169. The monoisotopic (exact) mass is 744 g/mol. The molecular weight excluding hydrogens is 709 g/mol. The Labute approximate surface area is 343 Å². The number of rotatable bonds is 3. The molecule has 59 heavy (non-hydrogen) atoms. The molecule has 0 unspecified atom stereocenters. The summed E-state index contributed by atoms with van der Waals surface area (Å²) in [5.74, 6) is 0. The lowest BCUT2D eigenvalue weighted by molar-refractivity contribution is 0.809. The second-order valence-electron chi connectivity index (χ2n) is 16.2. The van der Waals surface area contributed by atoms with Crippen molar-refractivity contribution in [2.24, 2.45) is 0 Å². The van der Waals surface area contributed by atoms with Crippen molar-refractivity contribution in [2.75, 3.05) is 0 Å². The zero-order chi connectivity index (χ0) is 38.7. The summed E-state index contributed by atoms with van der Waals surface area (Å²) in [5, 5.41) is 10.2. The van der Waals surface area contributed by atoms with Crippen LogP contribution in [-0.2, 0) is 5.41 Å². The van der Waals surface area contributed by atoms with Crippen molar-refractivity contribution < 1.29 is 0 Å². The molecule has 0 fully saturated rings. The van der Waals surface area contributed by atoms with E-state index in [9.17, 15) is 0 Å². The number of fused-ring (bicyclic) bond motifs is 16. The Morgan fingerprint density at radius 3 is 1.32 bits per heavy atom. The summed E-state index contributed by atoms with van der Waals surface area (Å²) < 4.78 is 0. The molecule has 11 aromatic rings. The molecule has 0 saturated carbocycles. The van der Waals surface area contributed by atoms with Crippen LogP contribution in [0.1, 0.15) is 22.3 Å². The average molecular weight is 745 g/mol. The van der Waals surface area contributed by atoms with Gasteiger partial charge in [0.2, 0.25) is 0 Å². The second-order valence-corrected chi connectivity index (χ2v) is 16.2. The third-order valence-corrected chi connectivity index (χ3v) is 13.4. The van der Waals surface area contributed by atoms with E-state index >= 15 is 0 Å². The lowest BCUT2D eigenvalue weighted by Gasteiger charge is -2.32. The zero-order valence-corrected chi connectivity index (χ0v) is 32.3. The van der Waals surface area contributed by atoms with Crippen LogP contribution in [0.15, 0.2) is 218 Å². The van der Waals surface area contributed by atoms with Crippen molar-refractivity contribution in [3.63, 3.8) is 0 Å². The first-order valence-corrected chi connectivity index (χ1v) is 20.7. The first kappa shape index (κ1) is 32.5. The molecule has 0 heterocycles. The predicted molar refractivity (Wildman–Crippen MR) is 249 cm³/mol. The topological polar surface area (TPSA) is 0 Å². The van der Waals surface area contributed by atoms with Crippen molar-refractivity contribution in [3.8, 4) is 55.6 Å². The summed E-state index contributed by atoms with van der Waals surface area (Å²) in [6.45, 7) is 0. The van der Waals surface area contributed by atoms with E-state index < -0.39 is 5.41 Å². The maximum atomic E-state index is 2.46. The predicted octanol–water partition coefficient (Wildman–Crippen LogP) is 15.6. The van der Waals surface area contributed by atoms with E-state index in [4.69, 9.17) is 0 Å². The normalized spacial score (nSPS) is 13.2. The van der Waals surface area contributed by atoms with Gasteiger partial charge in [-0.05, 0) is 127 Å². The van der Waals surface area contributed by atoms with Crippen LogP contribution < -0.4 is 0 Å². The van der Waals surface area contributed by atoms with Gasteiger partial charge in [-0.3, -0.25) is 0 Å². The van der Waals surface area contributed by atoms with Crippen LogP contribution in [0, 0.1) is 0 Å². The minimum absolute atomic E-state index is 0.451. The van der Waals surface area contributed by atoms with Gasteiger partial charge in [0.25, 0.3) is 0 Å². The van der Waals surface area contributed by atoms with Gasteiger partial charge in [-0.15, -0.1) is 0 Å². The van der Waals surface area contributed by atoms with Gasteiger partial charge in [0.1, 0.15) is 0 Å². The maximum absolute atomic E-state index is 2.46. The van der Waals surface area contributed by atoms with E-state index in [-0.39, 0.29) is 0 Å². The van der Waals surface area contributed by atoms with Gasteiger partial charge >= 0.3 is 0 Å². The van der Waals surface area contributed by atoms with Crippen LogP contribution in [0.2, 0.25) is 0 Å². The van der Waals surface area contributed by atoms with Crippen molar-refractivity contribution in [2.45, 2.75) is 5.41 Å². The molecule has 0 radical (unpaired) electrons. The van der Waals surface area contributed by atoms with Crippen LogP contribution >= 0.6 is 0 Å². The van der Waals surface area contributed by atoms with E-state index in [1.54, 1.807) is 0 Å². The van der Waals surface area contributed by atoms with Crippen LogP contribution in [0.3, 0.4) is 0 Å². The van der Waals surface area contributed by atoms with E-state index in [1.807, 2.05) is 0 Å². The molecule has 0 saturated heterocycles. The summed E-state index contributed by atoms with van der Waals surface area (Å²) in [6.07, 6.45) is 0. The quantitative estimate of drug-likeness (QED) is 0.158. The molecule has 0 heteroatoms. The fourth-order valence-corrected chi connectivity index (χ4v) is 11.2. The molecule has 0 aromatic heterocycles. The summed E-state index contributed by atoms with van der Waals surface area (Å²) >= 11 is 0. The zero-order valence-electron chi connectivity index (χ0n) is 32.3. The van der Waals surface area contributed by atoms with Gasteiger partial charge in [-0.1, -0.05) is 212 Å². The Hall–Kier alpha value is -7.54. The first-order chi connectivity index (χ1) is 29.3. The van der Waals surface area contributed by atoms with E-state index in [0.29, 0.717) is 0 Å². The Balaban J connectivity index is 1.10. The Morgan fingerprint density at radius 1 is 0.237 bits per heavy atom. The number of benzene rings is 11. The fourth-order valence-electron chi connectivity index (χ4n) is 11.2. The van der Waals surface area contributed by atoms with Crippen molar-refractivity contribution in [1.82, 2.24) is 0 Å². The molecule has 0 amide bonds. The lowest BCUT2D eigenvalue weighted by Crippen LogP contribution is -2.26. The summed E-state index contributed by atoms with van der Waals surface area (Å²) in [7, 11) is 0. The standard InChI is InChI=1S/C59H36/c1-2-16-37(17-3-1)41-19-6-7-23-46(41)56-49-26-10-8-24-47(49)55(48-25-9-11-27-50(48)56)40-32-33-43-39(36-40)31-35-52-51-34-30-38-18-4-5-20-42(38)57(51)59(58(43)52)53-28-14-12-21-44(53)45-22-13-15-29-54(45)59/h1-36H. The molecule has 0 bridgehead atoms. The molecule has 13 rings (SSSR count). The van der Waals surface area contributed by atoms with Gasteiger partial charge in [-0.25, -0.2) is 0 Å². The summed E-state index contributed by atoms with van der Waals surface area (Å²) in [5.41, 5.74) is 17.9. The van der Waals surface area contributed by atoms with Crippen LogP contribution in [0.4, 0.5) is 0 Å². The average Bonchev–Trinajstić information content (AvgIpc) is 3.78. The SMILES string of the molecule is c1ccc(-c2ccccc2-c2c3ccccc3c(-c3ccc4c5c(ccc4c3)-c3ccc4ccccc4c3C53c4ccccc4-c4ccccc43)c3ccccc23)cc1. The highest BCUT2D eigenvalue weighted by Gasteiger charge is 2.53. The van der Waals surface area contributed by atoms with E-state index in [2.05, 4.69) is 218 Å². The van der Waals surface area contributed by atoms with Gasteiger partial charge in [0, 0.05) is 0 Å². The third kappa shape index (κ3) is 4.33. The minimum Gasteiger partial charge on any atom is -0.0622 e. The highest BCUT2D eigenvalue weighted by Crippen LogP contribution is 2.65. The molecule has 2 aliphatic carbocycles. The van der Waals surface area contributed by atoms with E-state index in [1.165, 1.54) is 121 Å². The van der Waals surface area contributed by atoms with Crippen LogP contribution in [0.5, 0.6) is 0 Å². The molecule has 2 aliphatic rings. The van der Waals surface area contributed by atoms with Gasteiger partial charge in [0.05, 0.1) is 5.41 Å². The summed E-state index contributed by atoms with van der Waals surface area (Å²) in [4.78, 5) is 0. The molecule has 0 N–H and O–H groups in total. The van der Waals surface area contributed by atoms with Crippen LogP contribution in [0.25, 0.3) is 98.7 Å². The molecule has 11 aromatic carbocycles. The Kier molecular flexibility index (Phi) is 6.74. The molecular formula is C59H36. The van der Waals surface area contributed by atoms with Crippen molar-refractivity contribution in [3.05, 3.63) is 241 Å². The molecule has 272 valence electrons. The Morgan fingerprint density at radius 2 is 0.695 bits per heavy atom. The van der Waals surface area contributed by atoms with Gasteiger partial charge < -0.3 is 0 Å². The van der Waals surface area contributed by atoms with E-state index in [0.717, 1.165) is 0 Å². The first-order valence-electron chi connectivity index (χ1n) is 20.7. The molecule has 1 spiro atoms. The lowest BCUT2D eigenvalue weighted by atomic mass is 9.68. The maximum Gasteiger partial charge on any atom is 0.0737 e. The van der Waals surface area contributed by atoms with Crippen molar-refractivity contribution >= 4 is 43.1 Å². The third-order valence-electron chi connectivity index (χ3n) is 13.4. The molecule has 0 atom stereocenters. The van der Waals surface area contributed by atoms with Gasteiger partial charge in [-0.2, -0.15) is 0 Å². The smallest absolute Gasteiger partial charge is 0.0622 e. The van der Waals surface area contributed by atoms with Crippen molar-refractivity contribution in [1.29, 1.82) is 0 Å². The largest absolute Gasteiger partial charge is 0.0737 e. The number of hydrogen-bond acceptors (Lipinski definition) is 0. The summed E-state index contributed by atoms with van der Waals surface area (Å²) in [6, 6.07) is 81.8. The number of hydrogen-bond donors (Lipinski definition) is 0.